The highest BCUT2D eigenvalue weighted by atomic mass is 35.5. The Morgan fingerprint density at radius 2 is 1.62 bits per heavy atom. The van der Waals surface area contributed by atoms with Crippen molar-refractivity contribution in [1.82, 2.24) is 10.2 Å². The van der Waals surface area contributed by atoms with E-state index in [2.05, 4.69) is 5.32 Å². The van der Waals surface area contributed by atoms with E-state index in [0.29, 0.717) is 22.8 Å². The van der Waals surface area contributed by atoms with Crippen molar-refractivity contribution in [2.75, 3.05) is 13.7 Å². The molecule has 5 nitrogen and oxygen atoms in total. The molecular weight excluding hydrogens is 455 g/mol. The molecule has 0 aliphatic carbocycles. The molecule has 178 valence electrons. The molecule has 0 heterocycles. The van der Waals surface area contributed by atoms with Gasteiger partial charge >= 0.3 is 0 Å². The van der Waals surface area contributed by atoms with Crippen LogP contribution < -0.4 is 10.1 Å². The summed E-state index contributed by atoms with van der Waals surface area (Å²) in [5.74, 6) is -0.504. The Bertz CT molecular complexity index is 1110. The summed E-state index contributed by atoms with van der Waals surface area (Å²) in [7, 11) is 1.54. The molecule has 7 heteroatoms. The van der Waals surface area contributed by atoms with Crippen LogP contribution in [0.2, 0.25) is 5.02 Å². The second-order valence-electron chi connectivity index (χ2n) is 8.13. The highest BCUT2D eigenvalue weighted by molar-refractivity contribution is 6.32. The molecule has 0 saturated heterocycles. The number of halogens is 2. The van der Waals surface area contributed by atoms with Crippen molar-refractivity contribution in [2.24, 2.45) is 0 Å². The van der Waals surface area contributed by atoms with Crippen molar-refractivity contribution in [3.05, 3.63) is 99.8 Å². The molecule has 0 radical (unpaired) electrons. The average molecular weight is 483 g/mol. The second kappa shape index (κ2) is 11.7. The van der Waals surface area contributed by atoms with Crippen LogP contribution in [0.5, 0.6) is 5.75 Å². The Hall–Kier alpha value is -3.38. The smallest absolute Gasteiger partial charge is 0.261 e. The SMILES string of the molecule is CNC(=O)[C@@H](Cc1ccccc1)N(Cc1ccc(F)cc1)C(=O)COc1cc(C)c(Cl)c(C)c1. The number of amides is 2. The number of benzene rings is 3. The number of likely N-dealkylation sites (N-methyl/N-ethyl adjacent to an activating group) is 1. The topological polar surface area (TPSA) is 58.6 Å². The van der Waals surface area contributed by atoms with Crippen LogP contribution in [0.3, 0.4) is 0 Å². The van der Waals surface area contributed by atoms with Gasteiger partial charge in [-0.2, -0.15) is 0 Å². The van der Waals surface area contributed by atoms with Gasteiger partial charge in [0.2, 0.25) is 5.91 Å². The fourth-order valence-electron chi connectivity index (χ4n) is 3.72. The molecule has 0 aliphatic heterocycles. The number of nitrogens with zero attached hydrogens (tertiary/aromatic N) is 1. The van der Waals surface area contributed by atoms with Crippen molar-refractivity contribution >= 4 is 23.4 Å². The summed E-state index contributed by atoms with van der Waals surface area (Å²) >= 11 is 6.23. The van der Waals surface area contributed by atoms with Crippen LogP contribution in [-0.2, 0) is 22.6 Å². The zero-order valence-corrected chi connectivity index (χ0v) is 20.2. The van der Waals surface area contributed by atoms with Gasteiger partial charge in [0.15, 0.2) is 6.61 Å². The monoisotopic (exact) mass is 482 g/mol. The maximum atomic E-state index is 13.4. The Labute approximate surface area is 204 Å². The lowest BCUT2D eigenvalue weighted by molar-refractivity contribution is -0.142. The van der Waals surface area contributed by atoms with Gasteiger partial charge in [0.1, 0.15) is 17.6 Å². The van der Waals surface area contributed by atoms with E-state index >= 15 is 0 Å². The van der Waals surface area contributed by atoms with E-state index < -0.39 is 6.04 Å². The van der Waals surface area contributed by atoms with Crippen LogP contribution in [0.25, 0.3) is 0 Å². The fraction of sp³-hybridized carbons (Fsp3) is 0.259. The van der Waals surface area contributed by atoms with Crippen LogP contribution in [0.4, 0.5) is 4.39 Å². The van der Waals surface area contributed by atoms with E-state index in [1.165, 1.54) is 24.1 Å². The molecule has 1 atom stereocenters. The number of aryl methyl sites for hydroxylation is 2. The predicted octanol–water partition coefficient (Wildman–Crippen LogP) is 4.86. The molecule has 0 unspecified atom stereocenters. The van der Waals surface area contributed by atoms with Crippen molar-refractivity contribution in [2.45, 2.75) is 32.9 Å². The molecule has 3 rings (SSSR count). The van der Waals surface area contributed by atoms with E-state index in [9.17, 15) is 14.0 Å². The van der Waals surface area contributed by atoms with Crippen molar-refractivity contribution in [3.8, 4) is 5.75 Å². The molecule has 0 aliphatic rings. The first-order chi connectivity index (χ1) is 16.3. The summed E-state index contributed by atoms with van der Waals surface area (Å²) in [5.41, 5.74) is 3.31. The lowest BCUT2D eigenvalue weighted by atomic mass is 10.0. The minimum atomic E-state index is -0.776. The first kappa shape index (κ1) is 25.2. The van der Waals surface area contributed by atoms with Crippen LogP contribution in [0, 0.1) is 19.7 Å². The lowest BCUT2D eigenvalue weighted by Crippen LogP contribution is -2.51. The maximum absolute atomic E-state index is 13.4. The zero-order valence-electron chi connectivity index (χ0n) is 19.5. The normalized spacial score (nSPS) is 11.6. The molecule has 2 amide bonds. The number of carbonyl (C=O) groups is 2. The largest absolute Gasteiger partial charge is 0.484 e. The van der Waals surface area contributed by atoms with Crippen LogP contribution in [-0.4, -0.2) is 36.4 Å². The van der Waals surface area contributed by atoms with Gasteiger partial charge in [-0.15, -0.1) is 0 Å². The van der Waals surface area contributed by atoms with Gasteiger partial charge in [0, 0.05) is 25.0 Å². The first-order valence-electron chi connectivity index (χ1n) is 11.0. The van der Waals surface area contributed by atoms with Gasteiger partial charge in [-0.3, -0.25) is 9.59 Å². The van der Waals surface area contributed by atoms with Crippen molar-refractivity contribution < 1.29 is 18.7 Å². The van der Waals surface area contributed by atoms with E-state index in [1.54, 1.807) is 24.3 Å². The van der Waals surface area contributed by atoms with E-state index in [0.717, 1.165) is 16.7 Å². The Morgan fingerprint density at radius 3 is 2.21 bits per heavy atom. The molecule has 0 aromatic heterocycles. The predicted molar refractivity (Wildman–Crippen MR) is 131 cm³/mol. The molecule has 0 saturated carbocycles. The summed E-state index contributed by atoms with van der Waals surface area (Å²) in [5, 5.41) is 3.31. The zero-order chi connectivity index (χ0) is 24.7. The first-order valence-corrected chi connectivity index (χ1v) is 11.3. The molecule has 1 N–H and O–H groups in total. The highest BCUT2D eigenvalue weighted by Gasteiger charge is 2.30. The van der Waals surface area contributed by atoms with Gasteiger partial charge in [-0.25, -0.2) is 4.39 Å². The van der Waals surface area contributed by atoms with Crippen LogP contribution in [0.15, 0.2) is 66.7 Å². The molecule has 0 spiro atoms. The van der Waals surface area contributed by atoms with Gasteiger partial charge < -0.3 is 15.0 Å². The minimum absolute atomic E-state index is 0.131. The van der Waals surface area contributed by atoms with Gasteiger partial charge in [-0.1, -0.05) is 54.1 Å². The molecule has 34 heavy (non-hydrogen) atoms. The number of nitrogens with one attached hydrogen (secondary N) is 1. The standard InChI is InChI=1S/C27H28ClFN2O3/c1-18-13-23(14-19(2)26(18)28)34-17-25(32)31(16-21-9-11-22(29)12-10-21)24(27(33)30-3)15-20-7-5-4-6-8-20/h4-14,24H,15-17H2,1-3H3,(H,30,33)/t24-/m1/s1. The lowest BCUT2D eigenvalue weighted by Gasteiger charge is -2.31. The summed E-state index contributed by atoms with van der Waals surface area (Å²) in [6.07, 6.45) is 0.326. The van der Waals surface area contributed by atoms with E-state index in [4.69, 9.17) is 16.3 Å². The van der Waals surface area contributed by atoms with E-state index in [1.807, 2.05) is 44.2 Å². The molecule has 0 fully saturated rings. The fourth-order valence-corrected chi connectivity index (χ4v) is 3.83. The van der Waals surface area contributed by atoms with E-state index in [-0.39, 0.29) is 30.8 Å². The summed E-state index contributed by atoms with van der Waals surface area (Å²) in [4.78, 5) is 27.8. The molecule has 3 aromatic rings. The number of hydrogen-bond donors (Lipinski definition) is 1. The number of rotatable bonds is 9. The quantitative estimate of drug-likeness (QED) is 0.474. The summed E-state index contributed by atoms with van der Waals surface area (Å²) in [6, 6.07) is 18.1. The third kappa shape index (κ3) is 6.58. The third-order valence-electron chi connectivity index (χ3n) is 5.56. The average Bonchev–Trinajstić information content (AvgIpc) is 2.84. The van der Waals surface area contributed by atoms with Crippen molar-refractivity contribution in [3.63, 3.8) is 0 Å². The number of ether oxygens (including phenoxy) is 1. The molecule has 3 aromatic carbocycles. The van der Waals surface area contributed by atoms with Crippen LogP contribution >= 0.6 is 11.6 Å². The Kier molecular flexibility index (Phi) is 8.66. The number of hydrogen-bond acceptors (Lipinski definition) is 3. The molecule has 0 bridgehead atoms. The van der Waals surface area contributed by atoms with Gasteiger partial charge in [0.25, 0.3) is 5.91 Å². The van der Waals surface area contributed by atoms with Gasteiger partial charge in [0.05, 0.1) is 0 Å². The summed E-state index contributed by atoms with van der Waals surface area (Å²) in [6.45, 7) is 3.61. The van der Waals surface area contributed by atoms with Gasteiger partial charge in [-0.05, 0) is 60.4 Å². The Morgan fingerprint density at radius 1 is 1.00 bits per heavy atom. The summed E-state index contributed by atoms with van der Waals surface area (Å²) < 4.78 is 19.2. The second-order valence-corrected chi connectivity index (χ2v) is 8.51. The number of carbonyl (C=O) groups excluding carboxylic acids is 2. The third-order valence-corrected chi connectivity index (χ3v) is 6.15. The maximum Gasteiger partial charge on any atom is 0.261 e. The van der Waals surface area contributed by atoms with Crippen LogP contribution in [0.1, 0.15) is 22.3 Å². The highest BCUT2D eigenvalue weighted by Crippen LogP contribution is 2.26. The molecular formula is C27H28ClFN2O3. The van der Waals surface area contributed by atoms with Crippen molar-refractivity contribution in [1.29, 1.82) is 0 Å². The minimum Gasteiger partial charge on any atom is -0.484 e. The Balaban J connectivity index is 1.88.